The van der Waals surface area contributed by atoms with E-state index in [0.29, 0.717) is 0 Å². The third kappa shape index (κ3) is 1.35. The van der Waals surface area contributed by atoms with E-state index >= 15 is 0 Å². The Hall–Kier alpha value is -0.260. The molecule has 0 nitrogen and oxygen atoms in total. The average molecular weight is 176 g/mol. The van der Waals surface area contributed by atoms with Gasteiger partial charge in [-0.05, 0) is 56.3 Å². The summed E-state index contributed by atoms with van der Waals surface area (Å²) in [4.78, 5) is 0. The Morgan fingerprint density at radius 2 is 2.00 bits per heavy atom. The Bertz CT molecular complexity index is 226. The van der Waals surface area contributed by atoms with Gasteiger partial charge in [0.1, 0.15) is 0 Å². The van der Waals surface area contributed by atoms with Crippen LogP contribution in [0.4, 0.5) is 0 Å². The maximum Gasteiger partial charge on any atom is -0.0200 e. The molecule has 2 saturated carbocycles. The predicted molar refractivity (Wildman–Crippen MR) is 55.5 cm³/mol. The van der Waals surface area contributed by atoms with Crippen molar-refractivity contribution >= 4 is 0 Å². The van der Waals surface area contributed by atoms with Gasteiger partial charge in [0.15, 0.2) is 0 Å². The van der Waals surface area contributed by atoms with Crippen molar-refractivity contribution in [3.63, 3.8) is 0 Å². The highest BCUT2D eigenvalue weighted by Gasteiger charge is 2.34. The maximum absolute atomic E-state index is 2.69. The van der Waals surface area contributed by atoms with Crippen LogP contribution in [-0.4, -0.2) is 0 Å². The SMILES string of the molecule is C1=C2CCCCC2CC2CCCC12. The lowest BCUT2D eigenvalue weighted by Crippen LogP contribution is -2.22. The number of fused-ring (bicyclic) bond motifs is 2. The van der Waals surface area contributed by atoms with E-state index in [9.17, 15) is 0 Å². The fraction of sp³-hybridized carbons (Fsp3) is 0.846. The van der Waals surface area contributed by atoms with E-state index in [0.717, 1.165) is 17.8 Å². The molecule has 0 heterocycles. The van der Waals surface area contributed by atoms with E-state index in [4.69, 9.17) is 0 Å². The summed E-state index contributed by atoms with van der Waals surface area (Å²) in [5.41, 5.74) is 1.86. The first kappa shape index (κ1) is 8.08. The normalized spacial score (nSPS) is 43.7. The van der Waals surface area contributed by atoms with E-state index in [1.807, 2.05) is 5.57 Å². The zero-order valence-electron chi connectivity index (χ0n) is 8.47. The zero-order chi connectivity index (χ0) is 8.67. The molecule has 0 aromatic heterocycles. The van der Waals surface area contributed by atoms with Gasteiger partial charge in [0.25, 0.3) is 0 Å². The standard InChI is InChI=1S/C13H20/c1-2-5-11-9-13-7-3-6-12(13)8-10(11)4-1/h8,11-13H,1-7,9H2. The summed E-state index contributed by atoms with van der Waals surface area (Å²) >= 11 is 0. The molecule has 0 saturated heterocycles. The van der Waals surface area contributed by atoms with Gasteiger partial charge in [-0.15, -0.1) is 0 Å². The van der Waals surface area contributed by atoms with E-state index in [1.54, 1.807) is 6.42 Å². The van der Waals surface area contributed by atoms with E-state index < -0.39 is 0 Å². The summed E-state index contributed by atoms with van der Waals surface area (Å²) in [6.45, 7) is 0. The van der Waals surface area contributed by atoms with Crippen molar-refractivity contribution in [2.24, 2.45) is 17.8 Å². The van der Waals surface area contributed by atoms with Crippen LogP contribution >= 0.6 is 0 Å². The summed E-state index contributed by atoms with van der Waals surface area (Å²) < 4.78 is 0. The average Bonchev–Trinajstić information content (AvgIpc) is 2.61. The van der Waals surface area contributed by atoms with E-state index in [2.05, 4.69) is 6.08 Å². The van der Waals surface area contributed by atoms with Crippen molar-refractivity contribution in [2.75, 3.05) is 0 Å². The van der Waals surface area contributed by atoms with E-state index in [1.165, 1.54) is 44.9 Å². The summed E-state index contributed by atoms with van der Waals surface area (Å²) in [5.74, 6) is 3.12. The second-order valence-corrected chi connectivity index (χ2v) is 5.27. The molecule has 72 valence electrons. The lowest BCUT2D eigenvalue weighted by molar-refractivity contribution is 0.294. The summed E-state index contributed by atoms with van der Waals surface area (Å²) in [6.07, 6.45) is 14.7. The van der Waals surface area contributed by atoms with Gasteiger partial charge in [-0.3, -0.25) is 0 Å². The minimum Gasteiger partial charge on any atom is -0.0817 e. The maximum atomic E-state index is 2.69. The molecule has 0 aliphatic heterocycles. The van der Waals surface area contributed by atoms with Crippen LogP contribution in [-0.2, 0) is 0 Å². The van der Waals surface area contributed by atoms with Crippen molar-refractivity contribution in [1.82, 2.24) is 0 Å². The van der Waals surface area contributed by atoms with Crippen LogP contribution in [0.3, 0.4) is 0 Å². The monoisotopic (exact) mass is 176 g/mol. The first-order valence-electron chi connectivity index (χ1n) is 6.14. The van der Waals surface area contributed by atoms with Gasteiger partial charge in [-0.1, -0.05) is 24.5 Å². The Balaban J connectivity index is 1.84. The molecule has 2 fully saturated rings. The summed E-state index contributed by atoms with van der Waals surface area (Å²) in [7, 11) is 0. The van der Waals surface area contributed by atoms with Crippen LogP contribution in [0.2, 0.25) is 0 Å². The highest BCUT2D eigenvalue weighted by Crippen LogP contribution is 2.47. The van der Waals surface area contributed by atoms with Gasteiger partial charge in [-0.25, -0.2) is 0 Å². The van der Waals surface area contributed by atoms with Crippen LogP contribution in [0.15, 0.2) is 11.6 Å². The molecule has 0 N–H and O–H groups in total. The second-order valence-electron chi connectivity index (χ2n) is 5.27. The Kier molecular flexibility index (Phi) is 1.96. The van der Waals surface area contributed by atoms with E-state index in [-0.39, 0.29) is 0 Å². The molecular weight excluding hydrogens is 156 g/mol. The highest BCUT2D eigenvalue weighted by molar-refractivity contribution is 5.16. The molecule has 3 aliphatic carbocycles. The number of rotatable bonds is 0. The molecule has 0 radical (unpaired) electrons. The predicted octanol–water partition coefficient (Wildman–Crippen LogP) is 3.92. The lowest BCUT2D eigenvalue weighted by Gasteiger charge is -2.35. The van der Waals surface area contributed by atoms with Gasteiger partial charge in [-0.2, -0.15) is 0 Å². The van der Waals surface area contributed by atoms with Crippen LogP contribution in [0.5, 0.6) is 0 Å². The molecule has 3 unspecified atom stereocenters. The van der Waals surface area contributed by atoms with Crippen LogP contribution in [0.1, 0.15) is 51.4 Å². The molecular formula is C13H20. The van der Waals surface area contributed by atoms with Crippen LogP contribution in [0, 0.1) is 17.8 Å². The minimum atomic E-state index is 1.00. The smallest absolute Gasteiger partial charge is 0.0200 e. The quantitative estimate of drug-likeness (QED) is 0.491. The molecule has 13 heavy (non-hydrogen) atoms. The first-order chi connectivity index (χ1) is 6.43. The minimum absolute atomic E-state index is 1.00. The van der Waals surface area contributed by atoms with Gasteiger partial charge < -0.3 is 0 Å². The highest BCUT2D eigenvalue weighted by atomic mass is 14.4. The van der Waals surface area contributed by atoms with Gasteiger partial charge in [0.05, 0.1) is 0 Å². The van der Waals surface area contributed by atoms with Crippen molar-refractivity contribution < 1.29 is 0 Å². The third-order valence-electron chi connectivity index (χ3n) is 4.53. The molecule has 0 aromatic carbocycles. The fourth-order valence-corrected chi connectivity index (χ4v) is 3.82. The Morgan fingerprint density at radius 1 is 1.00 bits per heavy atom. The van der Waals surface area contributed by atoms with Crippen molar-refractivity contribution in [3.05, 3.63) is 11.6 Å². The fourth-order valence-electron chi connectivity index (χ4n) is 3.82. The molecule has 0 amide bonds. The Morgan fingerprint density at radius 3 is 3.00 bits per heavy atom. The van der Waals surface area contributed by atoms with Crippen molar-refractivity contribution in [2.45, 2.75) is 51.4 Å². The molecule has 0 bridgehead atoms. The number of hydrogen-bond donors (Lipinski definition) is 0. The number of hydrogen-bond acceptors (Lipinski definition) is 0. The third-order valence-corrected chi connectivity index (χ3v) is 4.53. The number of allylic oxidation sites excluding steroid dienone is 2. The molecule has 3 aliphatic rings. The largest absolute Gasteiger partial charge is 0.0817 e. The van der Waals surface area contributed by atoms with Gasteiger partial charge in [0.2, 0.25) is 0 Å². The zero-order valence-corrected chi connectivity index (χ0v) is 8.47. The molecule has 3 rings (SSSR count). The second kappa shape index (κ2) is 3.15. The molecule has 3 atom stereocenters. The van der Waals surface area contributed by atoms with Crippen LogP contribution < -0.4 is 0 Å². The van der Waals surface area contributed by atoms with Crippen molar-refractivity contribution in [1.29, 1.82) is 0 Å². The lowest BCUT2D eigenvalue weighted by atomic mass is 9.71. The molecule has 0 heteroatoms. The van der Waals surface area contributed by atoms with Gasteiger partial charge >= 0.3 is 0 Å². The first-order valence-corrected chi connectivity index (χ1v) is 6.14. The Labute approximate surface area is 81.4 Å². The summed E-state index contributed by atoms with van der Waals surface area (Å²) in [6, 6.07) is 0. The molecule has 0 spiro atoms. The van der Waals surface area contributed by atoms with Crippen molar-refractivity contribution in [3.8, 4) is 0 Å². The van der Waals surface area contributed by atoms with Gasteiger partial charge in [0, 0.05) is 0 Å². The molecule has 0 aromatic rings. The summed E-state index contributed by atoms with van der Waals surface area (Å²) in [5, 5.41) is 0. The van der Waals surface area contributed by atoms with Crippen LogP contribution in [0.25, 0.3) is 0 Å². The topological polar surface area (TPSA) is 0 Å².